The lowest BCUT2D eigenvalue weighted by molar-refractivity contribution is -0.148. The van der Waals surface area contributed by atoms with Crippen LogP contribution in [0, 0.1) is 5.41 Å². The number of amides is 1. The normalized spacial score (nSPS) is 22.2. The fraction of sp³-hybridized carbons (Fsp3) is 0.636. The van der Waals surface area contributed by atoms with E-state index >= 15 is 0 Å². The lowest BCUT2D eigenvalue weighted by atomic mass is 9.76. The van der Waals surface area contributed by atoms with Crippen LogP contribution in [0.5, 0.6) is 0 Å². The predicted octanol–water partition coefficient (Wildman–Crippen LogP) is 0.102. The lowest BCUT2D eigenvalue weighted by Gasteiger charge is -2.43. The molecule has 8 nitrogen and oxygen atoms in total. The predicted molar refractivity (Wildman–Crippen MR) is 66.3 cm³/mol. The number of rotatable bonds is 2. The number of H-pyrrole nitrogens is 1. The number of carbonyl (C=O) groups is 2. The monoisotopic (exact) mass is 267 g/mol. The molecule has 1 amide bonds. The van der Waals surface area contributed by atoms with Crippen molar-refractivity contribution in [3.05, 3.63) is 5.82 Å². The molecule has 1 aromatic heterocycles. The Balaban J connectivity index is 2.31. The zero-order valence-corrected chi connectivity index (χ0v) is 10.9. The molecule has 1 atom stereocenters. The van der Waals surface area contributed by atoms with Gasteiger partial charge in [-0.2, -0.15) is 4.98 Å². The number of hydrogen-bond acceptors (Lipinski definition) is 5. The first-order valence-electron chi connectivity index (χ1n) is 6.04. The number of piperidine rings is 1. The van der Waals surface area contributed by atoms with Crippen molar-refractivity contribution in [3.63, 3.8) is 0 Å². The van der Waals surface area contributed by atoms with Crippen LogP contribution in [0.4, 0.5) is 5.95 Å². The van der Waals surface area contributed by atoms with Crippen LogP contribution in [0.15, 0.2) is 0 Å². The first kappa shape index (κ1) is 13.3. The van der Waals surface area contributed by atoms with Gasteiger partial charge in [-0.05, 0) is 18.3 Å². The molecule has 2 heterocycles. The standard InChI is InChI=1S/C11H17N5O3/c1-11(2)4-3-5-16(6(11)9(18)19)8(17)7-13-10(12)15-14-7/h6H,3-5H2,1-2H3,(H,18,19)(H3,12,13,14,15). The molecule has 2 rings (SSSR count). The van der Waals surface area contributed by atoms with Crippen molar-refractivity contribution in [1.82, 2.24) is 20.1 Å². The topological polar surface area (TPSA) is 125 Å². The number of carboxylic acid groups (broad SMARTS) is 1. The summed E-state index contributed by atoms with van der Waals surface area (Å²) in [4.78, 5) is 28.8. The number of hydrogen-bond donors (Lipinski definition) is 3. The van der Waals surface area contributed by atoms with Gasteiger partial charge < -0.3 is 15.7 Å². The highest BCUT2D eigenvalue weighted by Crippen LogP contribution is 2.35. The molecule has 1 aromatic rings. The van der Waals surface area contributed by atoms with Crippen LogP contribution in [0.2, 0.25) is 0 Å². The molecule has 104 valence electrons. The summed E-state index contributed by atoms with van der Waals surface area (Å²) in [5.74, 6) is -1.55. The van der Waals surface area contributed by atoms with E-state index in [1.807, 2.05) is 13.8 Å². The summed E-state index contributed by atoms with van der Waals surface area (Å²) in [7, 11) is 0. The maximum atomic E-state index is 12.3. The second-order valence-electron chi connectivity index (χ2n) is 5.37. The molecule has 0 aliphatic carbocycles. The second-order valence-corrected chi connectivity index (χ2v) is 5.37. The first-order chi connectivity index (χ1) is 8.83. The zero-order valence-electron chi connectivity index (χ0n) is 10.9. The number of nitrogen functional groups attached to an aromatic ring is 1. The summed E-state index contributed by atoms with van der Waals surface area (Å²) < 4.78 is 0. The minimum absolute atomic E-state index is 0.0264. The summed E-state index contributed by atoms with van der Waals surface area (Å²) in [6, 6.07) is -0.875. The largest absolute Gasteiger partial charge is 0.480 e. The molecule has 0 aromatic carbocycles. The van der Waals surface area contributed by atoms with Crippen molar-refractivity contribution in [2.45, 2.75) is 32.7 Å². The van der Waals surface area contributed by atoms with Gasteiger partial charge in [0.05, 0.1) is 0 Å². The van der Waals surface area contributed by atoms with Crippen molar-refractivity contribution in [1.29, 1.82) is 0 Å². The van der Waals surface area contributed by atoms with E-state index in [2.05, 4.69) is 15.2 Å². The van der Waals surface area contributed by atoms with E-state index in [0.717, 1.165) is 12.8 Å². The van der Waals surface area contributed by atoms with E-state index in [4.69, 9.17) is 5.73 Å². The van der Waals surface area contributed by atoms with Gasteiger partial charge in [0.25, 0.3) is 5.91 Å². The van der Waals surface area contributed by atoms with Gasteiger partial charge in [-0.3, -0.25) is 9.89 Å². The lowest BCUT2D eigenvalue weighted by Crippen LogP contribution is -2.56. The van der Waals surface area contributed by atoms with Crippen LogP contribution < -0.4 is 5.73 Å². The Morgan fingerprint density at radius 3 is 2.74 bits per heavy atom. The fourth-order valence-electron chi connectivity index (χ4n) is 2.59. The number of carboxylic acids is 1. The Labute approximate surface area is 110 Å². The van der Waals surface area contributed by atoms with Crippen LogP contribution in [-0.4, -0.2) is 49.7 Å². The van der Waals surface area contributed by atoms with Gasteiger partial charge in [-0.1, -0.05) is 13.8 Å². The molecular weight excluding hydrogens is 250 g/mol. The van der Waals surface area contributed by atoms with Gasteiger partial charge in [-0.15, -0.1) is 5.10 Å². The molecule has 4 N–H and O–H groups in total. The first-order valence-corrected chi connectivity index (χ1v) is 6.04. The van der Waals surface area contributed by atoms with Crippen LogP contribution in [0.25, 0.3) is 0 Å². The average Bonchev–Trinajstić information content (AvgIpc) is 2.72. The summed E-state index contributed by atoms with van der Waals surface area (Å²) in [5, 5.41) is 15.4. The number of aliphatic carboxylic acids is 1. The molecule has 1 aliphatic rings. The number of nitrogens with one attached hydrogen (secondary N) is 1. The highest BCUT2D eigenvalue weighted by Gasteiger charge is 2.45. The number of anilines is 1. The molecule has 1 unspecified atom stereocenters. The van der Waals surface area contributed by atoms with Gasteiger partial charge in [0, 0.05) is 6.54 Å². The Morgan fingerprint density at radius 1 is 1.53 bits per heavy atom. The number of likely N-dealkylation sites (tertiary alicyclic amines) is 1. The second kappa shape index (κ2) is 4.52. The molecule has 0 saturated carbocycles. The highest BCUT2D eigenvalue weighted by molar-refractivity contribution is 5.94. The van der Waals surface area contributed by atoms with Crippen LogP contribution in [0.3, 0.4) is 0 Å². The Morgan fingerprint density at radius 2 is 2.21 bits per heavy atom. The third kappa shape index (κ3) is 2.38. The number of aromatic amines is 1. The highest BCUT2D eigenvalue weighted by atomic mass is 16.4. The van der Waals surface area contributed by atoms with E-state index in [1.54, 1.807) is 0 Å². The number of carbonyl (C=O) groups excluding carboxylic acids is 1. The molecule has 0 spiro atoms. The summed E-state index contributed by atoms with van der Waals surface area (Å²) in [5.41, 5.74) is 4.87. The summed E-state index contributed by atoms with van der Waals surface area (Å²) in [6.07, 6.45) is 1.51. The molecule has 0 radical (unpaired) electrons. The minimum atomic E-state index is -1.01. The van der Waals surface area contributed by atoms with Crippen molar-refractivity contribution in [3.8, 4) is 0 Å². The van der Waals surface area contributed by atoms with Crippen molar-refractivity contribution in [2.75, 3.05) is 12.3 Å². The Kier molecular flexibility index (Phi) is 3.17. The maximum Gasteiger partial charge on any atom is 0.326 e. The number of nitrogens with two attached hydrogens (primary N) is 1. The smallest absolute Gasteiger partial charge is 0.326 e. The van der Waals surface area contributed by atoms with E-state index in [-0.39, 0.29) is 11.8 Å². The van der Waals surface area contributed by atoms with Gasteiger partial charge in [0.15, 0.2) is 0 Å². The van der Waals surface area contributed by atoms with E-state index in [1.165, 1.54) is 4.90 Å². The van der Waals surface area contributed by atoms with Gasteiger partial charge in [-0.25, -0.2) is 4.79 Å². The maximum absolute atomic E-state index is 12.3. The van der Waals surface area contributed by atoms with Crippen molar-refractivity contribution < 1.29 is 14.7 Å². The minimum Gasteiger partial charge on any atom is -0.480 e. The fourth-order valence-corrected chi connectivity index (χ4v) is 2.59. The van der Waals surface area contributed by atoms with Crippen LogP contribution in [0.1, 0.15) is 37.3 Å². The van der Waals surface area contributed by atoms with Gasteiger partial charge in [0.2, 0.25) is 11.8 Å². The van der Waals surface area contributed by atoms with Crippen molar-refractivity contribution in [2.24, 2.45) is 5.41 Å². The van der Waals surface area contributed by atoms with Crippen molar-refractivity contribution >= 4 is 17.8 Å². The van der Waals surface area contributed by atoms with Crippen LogP contribution in [-0.2, 0) is 4.79 Å². The number of nitrogens with zero attached hydrogens (tertiary/aromatic N) is 3. The van der Waals surface area contributed by atoms with Crippen LogP contribution >= 0.6 is 0 Å². The molecule has 0 bridgehead atoms. The van der Waals surface area contributed by atoms with Gasteiger partial charge >= 0.3 is 5.97 Å². The SMILES string of the molecule is CC1(C)CCCN(C(=O)c2nc(N)n[nH]2)C1C(=O)O. The Bertz CT molecular complexity index is 510. The summed E-state index contributed by atoms with van der Waals surface area (Å²) >= 11 is 0. The van der Waals surface area contributed by atoms with Gasteiger partial charge in [0.1, 0.15) is 6.04 Å². The number of aromatic nitrogens is 3. The third-order valence-corrected chi connectivity index (χ3v) is 3.47. The molecule has 1 saturated heterocycles. The quantitative estimate of drug-likeness (QED) is 0.698. The molecule has 1 aliphatic heterocycles. The Hall–Kier alpha value is -2.12. The molecular formula is C11H17N5O3. The van der Waals surface area contributed by atoms with E-state index in [0.29, 0.717) is 6.54 Å². The zero-order chi connectivity index (χ0) is 14.2. The molecule has 8 heteroatoms. The van der Waals surface area contributed by atoms with E-state index in [9.17, 15) is 14.7 Å². The summed E-state index contributed by atoms with van der Waals surface area (Å²) in [6.45, 7) is 4.08. The van der Waals surface area contributed by atoms with E-state index < -0.39 is 23.3 Å². The average molecular weight is 267 g/mol. The molecule has 19 heavy (non-hydrogen) atoms. The third-order valence-electron chi connectivity index (χ3n) is 3.47. The molecule has 1 fully saturated rings.